The van der Waals surface area contributed by atoms with Crippen LogP contribution in [0.3, 0.4) is 0 Å². The van der Waals surface area contributed by atoms with Gasteiger partial charge in [-0.2, -0.15) is 0 Å². The molecule has 25 heavy (non-hydrogen) atoms. The molecule has 0 radical (unpaired) electrons. The summed E-state index contributed by atoms with van der Waals surface area (Å²) in [5, 5.41) is 1.47. The molecule has 1 aromatic carbocycles. The SMILES string of the molecule is Cl.Cl.NC1CCCN(C(=O)c2cc(C3CC3)nc3ccc(Cl)cc23)C1. The van der Waals surface area contributed by atoms with Crippen LogP contribution in [-0.4, -0.2) is 34.9 Å². The first-order valence-corrected chi connectivity index (χ1v) is 8.64. The minimum Gasteiger partial charge on any atom is -0.337 e. The first-order valence-electron chi connectivity index (χ1n) is 8.27. The van der Waals surface area contributed by atoms with E-state index >= 15 is 0 Å². The molecule has 2 N–H and O–H groups in total. The minimum absolute atomic E-state index is 0. The molecule has 1 atom stereocenters. The number of carbonyl (C=O) groups excluding carboxylic acids is 1. The van der Waals surface area contributed by atoms with Gasteiger partial charge in [-0.05, 0) is 49.9 Å². The Labute approximate surface area is 164 Å². The van der Waals surface area contributed by atoms with Gasteiger partial charge in [0.2, 0.25) is 0 Å². The van der Waals surface area contributed by atoms with E-state index in [0.717, 1.165) is 48.8 Å². The number of likely N-dealkylation sites (tertiary alicyclic amines) is 1. The molecule has 2 fully saturated rings. The molecule has 4 rings (SSSR count). The van der Waals surface area contributed by atoms with Crippen molar-refractivity contribution in [1.82, 2.24) is 9.88 Å². The maximum Gasteiger partial charge on any atom is 0.254 e. The van der Waals surface area contributed by atoms with E-state index in [9.17, 15) is 4.79 Å². The molecule has 136 valence electrons. The van der Waals surface area contributed by atoms with Crippen molar-refractivity contribution in [3.8, 4) is 0 Å². The Morgan fingerprint density at radius 2 is 1.96 bits per heavy atom. The smallest absolute Gasteiger partial charge is 0.254 e. The monoisotopic (exact) mass is 401 g/mol. The molecule has 1 aromatic heterocycles. The number of nitrogens with zero attached hydrogens (tertiary/aromatic N) is 2. The summed E-state index contributed by atoms with van der Waals surface area (Å²) >= 11 is 6.15. The van der Waals surface area contributed by atoms with Crippen molar-refractivity contribution in [2.45, 2.75) is 37.6 Å². The maximum absolute atomic E-state index is 13.1. The Kier molecular flexibility index (Phi) is 6.55. The number of carbonyl (C=O) groups is 1. The summed E-state index contributed by atoms with van der Waals surface area (Å²) in [5.74, 6) is 0.557. The normalized spacial score (nSPS) is 19.9. The lowest BCUT2D eigenvalue weighted by Gasteiger charge is -2.31. The molecule has 0 spiro atoms. The summed E-state index contributed by atoms with van der Waals surface area (Å²) in [6.07, 6.45) is 4.27. The van der Waals surface area contributed by atoms with Crippen LogP contribution in [0.5, 0.6) is 0 Å². The van der Waals surface area contributed by atoms with Crippen molar-refractivity contribution < 1.29 is 4.79 Å². The first kappa shape index (κ1) is 20.2. The highest BCUT2D eigenvalue weighted by Crippen LogP contribution is 2.40. The Hall–Kier alpha value is -1.07. The highest BCUT2D eigenvalue weighted by atomic mass is 35.5. The van der Waals surface area contributed by atoms with Gasteiger partial charge in [0.05, 0.1) is 11.1 Å². The van der Waals surface area contributed by atoms with Gasteiger partial charge in [0.1, 0.15) is 0 Å². The van der Waals surface area contributed by atoms with E-state index in [1.165, 1.54) is 0 Å². The standard InChI is InChI=1S/C18H20ClN3O.2ClH/c19-12-5-6-16-14(8-12)15(9-17(21-16)11-3-4-11)18(23)22-7-1-2-13(20)10-22;;/h5-6,8-9,11,13H,1-4,7,10,20H2;2*1H. The fourth-order valence-electron chi connectivity index (χ4n) is 3.35. The van der Waals surface area contributed by atoms with Gasteiger partial charge in [-0.3, -0.25) is 9.78 Å². The highest BCUT2D eigenvalue weighted by molar-refractivity contribution is 6.31. The lowest BCUT2D eigenvalue weighted by Crippen LogP contribution is -2.45. The Balaban J connectivity index is 0.00000113. The van der Waals surface area contributed by atoms with Crippen molar-refractivity contribution in [3.05, 3.63) is 40.5 Å². The van der Waals surface area contributed by atoms with Gasteiger partial charge in [-0.1, -0.05) is 11.6 Å². The topological polar surface area (TPSA) is 59.2 Å². The Morgan fingerprint density at radius 3 is 2.64 bits per heavy atom. The van der Waals surface area contributed by atoms with Crippen LogP contribution in [0.4, 0.5) is 0 Å². The van der Waals surface area contributed by atoms with Gasteiger partial charge >= 0.3 is 0 Å². The third-order valence-electron chi connectivity index (χ3n) is 4.76. The molecular weight excluding hydrogens is 381 g/mol. The number of halogens is 3. The van der Waals surface area contributed by atoms with Gasteiger partial charge < -0.3 is 10.6 Å². The van der Waals surface area contributed by atoms with Crippen LogP contribution in [0.1, 0.15) is 47.7 Å². The molecule has 2 aliphatic rings. The Morgan fingerprint density at radius 1 is 1.20 bits per heavy atom. The predicted octanol–water partition coefficient (Wildman–Crippen LogP) is 4.17. The second-order valence-corrected chi connectivity index (χ2v) is 7.12. The molecule has 2 heterocycles. The van der Waals surface area contributed by atoms with Crippen molar-refractivity contribution in [2.24, 2.45) is 5.73 Å². The van der Waals surface area contributed by atoms with Crippen molar-refractivity contribution in [1.29, 1.82) is 0 Å². The van der Waals surface area contributed by atoms with Crippen molar-refractivity contribution in [2.75, 3.05) is 13.1 Å². The van der Waals surface area contributed by atoms with Gasteiger partial charge in [-0.25, -0.2) is 0 Å². The largest absolute Gasteiger partial charge is 0.337 e. The van der Waals surface area contributed by atoms with Gasteiger partial charge in [0.15, 0.2) is 0 Å². The van der Waals surface area contributed by atoms with E-state index in [2.05, 4.69) is 0 Å². The van der Waals surface area contributed by atoms with E-state index < -0.39 is 0 Å². The number of aromatic nitrogens is 1. The second-order valence-electron chi connectivity index (χ2n) is 6.68. The average molecular weight is 403 g/mol. The molecule has 1 aliphatic carbocycles. The summed E-state index contributed by atoms with van der Waals surface area (Å²) in [7, 11) is 0. The summed E-state index contributed by atoms with van der Waals surface area (Å²) in [6.45, 7) is 1.40. The lowest BCUT2D eigenvalue weighted by atomic mass is 10.0. The van der Waals surface area contributed by atoms with Crippen LogP contribution in [-0.2, 0) is 0 Å². The third-order valence-corrected chi connectivity index (χ3v) is 5.00. The van der Waals surface area contributed by atoms with Crippen molar-refractivity contribution in [3.63, 3.8) is 0 Å². The number of benzene rings is 1. The molecule has 1 unspecified atom stereocenters. The molecule has 1 saturated heterocycles. The third kappa shape index (κ3) is 4.20. The van der Waals surface area contributed by atoms with Gasteiger partial charge in [0, 0.05) is 41.2 Å². The van der Waals surface area contributed by atoms with Crippen LogP contribution in [0, 0.1) is 0 Å². The van der Waals surface area contributed by atoms with Crippen LogP contribution in [0.25, 0.3) is 10.9 Å². The number of hydrogen-bond donors (Lipinski definition) is 1. The fourth-order valence-corrected chi connectivity index (χ4v) is 3.52. The number of pyridine rings is 1. The summed E-state index contributed by atoms with van der Waals surface area (Å²) < 4.78 is 0. The molecule has 1 amide bonds. The molecular formula is C18H22Cl3N3O. The lowest BCUT2D eigenvalue weighted by molar-refractivity contribution is 0.0710. The van der Waals surface area contributed by atoms with Crippen LogP contribution in [0.2, 0.25) is 5.02 Å². The fraction of sp³-hybridized carbons (Fsp3) is 0.444. The highest BCUT2D eigenvalue weighted by Gasteiger charge is 2.29. The summed E-state index contributed by atoms with van der Waals surface area (Å²) in [4.78, 5) is 19.7. The molecule has 1 saturated carbocycles. The molecule has 2 aromatic rings. The average Bonchev–Trinajstić information content (AvgIpc) is 3.38. The number of hydrogen-bond acceptors (Lipinski definition) is 3. The van der Waals surface area contributed by atoms with E-state index in [1.807, 2.05) is 29.2 Å². The van der Waals surface area contributed by atoms with Crippen molar-refractivity contribution >= 4 is 53.2 Å². The number of amides is 1. The van der Waals surface area contributed by atoms with Crippen LogP contribution < -0.4 is 5.73 Å². The molecule has 7 heteroatoms. The molecule has 0 bridgehead atoms. The zero-order chi connectivity index (χ0) is 16.0. The van der Waals surface area contributed by atoms with E-state index in [1.54, 1.807) is 0 Å². The minimum atomic E-state index is 0. The van der Waals surface area contributed by atoms with E-state index in [-0.39, 0.29) is 36.8 Å². The summed E-state index contributed by atoms with van der Waals surface area (Å²) in [6, 6.07) is 7.63. The van der Waals surface area contributed by atoms with Gasteiger partial charge in [-0.15, -0.1) is 24.8 Å². The van der Waals surface area contributed by atoms with Crippen LogP contribution >= 0.6 is 36.4 Å². The van der Waals surface area contributed by atoms with E-state index in [4.69, 9.17) is 22.3 Å². The second kappa shape index (κ2) is 8.09. The first-order chi connectivity index (χ1) is 11.1. The molecule has 1 aliphatic heterocycles. The zero-order valence-corrected chi connectivity index (χ0v) is 16.2. The number of fused-ring (bicyclic) bond motifs is 1. The maximum atomic E-state index is 13.1. The number of nitrogens with two attached hydrogens (primary N) is 1. The Bertz CT molecular complexity index is 779. The quantitative estimate of drug-likeness (QED) is 0.820. The van der Waals surface area contributed by atoms with Gasteiger partial charge in [0.25, 0.3) is 5.91 Å². The zero-order valence-electron chi connectivity index (χ0n) is 13.8. The van der Waals surface area contributed by atoms with E-state index in [0.29, 0.717) is 23.0 Å². The number of piperidine rings is 1. The number of rotatable bonds is 2. The predicted molar refractivity (Wildman–Crippen MR) is 106 cm³/mol. The summed E-state index contributed by atoms with van der Waals surface area (Å²) in [5.41, 5.74) is 8.64. The molecule has 4 nitrogen and oxygen atoms in total. The van der Waals surface area contributed by atoms with Crippen LogP contribution in [0.15, 0.2) is 24.3 Å².